The highest BCUT2D eigenvalue weighted by atomic mass is 16.6. The van der Waals surface area contributed by atoms with Gasteiger partial charge in [-0.25, -0.2) is 4.79 Å². The van der Waals surface area contributed by atoms with Gasteiger partial charge >= 0.3 is 5.97 Å². The molecular formula is C18H23NO6. The number of carbonyl (C=O) groups excluding carboxylic acids is 1. The normalized spacial score (nSPS) is 23.2. The lowest BCUT2D eigenvalue weighted by molar-refractivity contribution is -0.168. The molecule has 3 rings (SSSR count). The average Bonchev–Trinajstić information content (AvgIpc) is 2.60. The van der Waals surface area contributed by atoms with E-state index in [1.54, 1.807) is 17.9 Å². The van der Waals surface area contributed by atoms with Gasteiger partial charge in [0.15, 0.2) is 17.6 Å². The van der Waals surface area contributed by atoms with Gasteiger partial charge in [0, 0.05) is 6.54 Å². The van der Waals surface area contributed by atoms with Gasteiger partial charge in [-0.3, -0.25) is 4.79 Å². The molecule has 0 aliphatic carbocycles. The maximum atomic E-state index is 13.1. The van der Waals surface area contributed by atoms with E-state index < -0.39 is 17.5 Å². The Bertz CT molecular complexity index is 686. The van der Waals surface area contributed by atoms with Crippen LogP contribution in [0.4, 0.5) is 0 Å². The Morgan fingerprint density at radius 3 is 2.52 bits per heavy atom. The van der Waals surface area contributed by atoms with E-state index in [0.717, 1.165) is 5.56 Å². The summed E-state index contributed by atoms with van der Waals surface area (Å²) in [5, 5.41) is 9.21. The highest BCUT2D eigenvalue weighted by Gasteiger charge is 2.40. The highest BCUT2D eigenvalue weighted by Crippen LogP contribution is 2.36. The molecule has 2 atom stereocenters. The maximum absolute atomic E-state index is 13.1. The number of nitrogens with zero attached hydrogens (tertiary/aromatic N) is 1. The monoisotopic (exact) mass is 349 g/mol. The summed E-state index contributed by atoms with van der Waals surface area (Å²) in [7, 11) is 0. The smallest absolute Gasteiger partial charge is 0.334 e. The Labute approximate surface area is 146 Å². The topological polar surface area (TPSA) is 85.3 Å². The molecule has 2 heterocycles. The molecule has 1 amide bonds. The molecule has 136 valence electrons. The number of hydrogen-bond acceptors (Lipinski definition) is 5. The minimum atomic E-state index is -1.05. The molecule has 0 bridgehead atoms. The Hall–Kier alpha value is -2.28. The number of carboxylic acid groups (broad SMARTS) is 1. The van der Waals surface area contributed by atoms with Crippen LogP contribution >= 0.6 is 0 Å². The summed E-state index contributed by atoms with van der Waals surface area (Å²) >= 11 is 0. The first-order valence-electron chi connectivity index (χ1n) is 8.37. The third-order valence-electron chi connectivity index (χ3n) is 4.62. The second kappa shape index (κ2) is 6.55. The Morgan fingerprint density at radius 2 is 1.84 bits per heavy atom. The largest absolute Gasteiger partial charge is 0.486 e. The first-order valence-corrected chi connectivity index (χ1v) is 8.37. The van der Waals surface area contributed by atoms with Gasteiger partial charge in [0.25, 0.3) is 0 Å². The number of ether oxygens (including phenoxy) is 3. The van der Waals surface area contributed by atoms with Crippen LogP contribution in [0.1, 0.15) is 26.3 Å². The molecule has 0 aromatic heterocycles. The predicted molar refractivity (Wildman–Crippen MR) is 89.0 cm³/mol. The lowest BCUT2D eigenvalue weighted by atomic mass is 9.82. The molecule has 7 nitrogen and oxygen atoms in total. The highest BCUT2D eigenvalue weighted by molar-refractivity contribution is 5.88. The first-order chi connectivity index (χ1) is 11.8. The fraction of sp³-hybridized carbons (Fsp3) is 0.556. The van der Waals surface area contributed by atoms with Gasteiger partial charge in [-0.15, -0.1) is 0 Å². The van der Waals surface area contributed by atoms with Crippen LogP contribution in [0, 0.1) is 0 Å². The molecule has 25 heavy (non-hydrogen) atoms. The molecule has 2 aliphatic rings. The Balaban J connectivity index is 1.83. The van der Waals surface area contributed by atoms with E-state index in [0.29, 0.717) is 31.3 Å². The fourth-order valence-corrected chi connectivity index (χ4v) is 3.20. The summed E-state index contributed by atoms with van der Waals surface area (Å²) in [5.41, 5.74) is -0.0246. The van der Waals surface area contributed by atoms with Crippen molar-refractivity contribution < 1.29 is 28.9 Å². The van der Waals surface area contributed by atoms with Gasteiger partial charge in [0.1, 0.15) is 13.2 Å². The van der Waals surface area contributed by atoms with Gasteiger partial charge < -0.3 is 24.2 Å². The number of carbonyl (C=O) groups is 2. The van der Waals surface area contributed by atoms with Gasteiger partial charge in [0.2, 0.25) is 5.91 Å². The predicted octanol–water partition coefficient (Wildman–Crippen LogP) is 1.44. The van der Waals surface area contributed by atoms with Crippen molar-refractivity contribution in [2.24, 2.45) is 0 Å². The molecule has 1 aromatic carbocycles. The molecular weight excluding hydrogens is 326 g/mol. The van der Waals surface area contributed by atoms with Crippen molar-refractivity contribution >= 4 is 11.9 Å². The summed E-state index contributed by atoms with van der Waals surface area (Å²) in [6.45, 7) is 6.84. The van der Waals surface area contributed by atoms with E-state index in [4.69, 9.17) is 14.2 Å². The van der Waals surface area contributed by atoms with Gasteiger partial charge in [-0.2, -0.15) is 0 Å². The zero-order valence-electron chi connectivity index (χ0n) is 14.7. The SMILES string of the molecule is C[C@@H]1CN(C(=O)C(C)(C)c2ccc3c(c2)OCCO3)CC(C(=O)O)O1. The molecule has 1 aromatic rings. The Morgan fingerprint density at radius 1 is 1.16 bits per heavy atom. The van der Waals surface area contributed by atoms with Crippen LogP contribution in [0.25, 0.3) is 0 Å². The second-order valence-corrected chi connectivity index (χ2v) is 6.97. The summed E-state index contributed by atoms with van der Waals surface area (Å²) in [6.07, 6.45) is -1.32. The fourth-order valence-electron chi connectivity index (χ4n) is 3.20. The van der Waals surface area contributed by atoms with Gasteiger partial charge in [-0.05, 0) is 38.5 Å². The third kappa shape index (κ3) is 3.42. The lowest BCUT2D eigenvalue weighted by Crippen LogP contribution is -2.55. The third-order valence-corrected chi connectivity index (χ3v) is 4.62. The van der Waals surface area contributed by atoms with E-state index in [1.165, 1.54) is 0 Å². The van der Waals surface area contributed by atoms with Crippen LogP contribution in [-0.4, -0.2) is 60.4 Å². The quantitative estimate of drug-likeness (QED) is 0.889. The molecule has 1 saturated heterocycles. The van der Waals surface area contributed by atoms with Crippen molar-refractivity contribution in [3.05, 3.63) is 23.8 Å². The van der Waals surface area contributed by atoms with Crippen molar-refractivity contribution in [2.75, 3.05) is 26.3 Å². The van der Waals surface area contributed by atoms with Crippen LogP contribution in [0.2, 0.25) is 0 Å². The summed E-state index contributed by atoms with van der Waals surface area (Å²) in [5.74, 6) is 0.111. The molecule has 1 unspecified atom stereocenters. The maximum Gasteiger partial charge on any atom is 0.334 e. The van der Waals surface area contributed by atoms with E-state index in [2.05, 4.69) is 0 Å². The molecule has 0 radical (unpaired) electrons. The zero-order chi connectivity index (χ0) is 18.2. The molecule has 7 heteroatoms. The van der Waals surface area contributed by atoms with E-state index in [9.17, 15) is 14.7 Å². The van der Waals surface area contributed by atoms with E-state index in [-0.39, 0.29) is 18.6 Å². The van der Waals surface area contributed by atoms with Crippen molar-refractivity contribution in [3.63, 3.8) is 0 Å². The number of carboxylic acids is 1. The van der Waals surface area contributed by atoms with Crippen LogP contribution in [0.15, 0.2) is 18.2 Å². The standard InChI is InChI=1S/C18H23NO6/c1-11-9-19(10-15(25-11)16(20)21)17(22)18(2,3)12-4-5-13-14(8-12)24-7-6-23-13/h4-5,8,11,15H,6-7,9-10H2,1-3H3,(H,20,21)/t11-,15?/m1/s1. The van der Waals surface area contributed by atoms with E-state index >= 15 is 0 Å². The average molecular weight is 349 g/mol. The van der Waals surface area contributed by atoms with Crippen LogP contribution in [0.3, 0.4) is 0 Å². The van der Waals surface area contributed by atoms with Gasteiger partial charge in [0.05, 0.1) is 18.1 Å². The van der Waals surface area contributed by atoms with Crippen molar-refractivity contribution in [1.82, 2.24) is 4.90 Å². The van der Waals surface area contributed by atoms with Crippen LogP contribution < -0.4 is 9.47 Å². The minimum absolute atomic E-state index is 0.0481. The number of hydrogen-bond donors (Lipinski definition) is 1. The molecule has 1 fully saturated rings. The second-order valence-electron chi connectivity index (χ2n) is 6.97. The summed E-state index contributed by atoms with van der Waals surface area (Å²) < 4.78 is 16.5. The Kier molecular flexibility index (Phi) is 4.60. The first kappa shape index (κ1) is 17.5. The number of amides is 1. The van der Waals surface area contributed by atoms with Crippen molar-refractivity contribution in [2.45, 2.75) is 38.4 Å². The summed E-state index contributed by atoms with van der Waals surface area (Å²) in [4.78, 5) is 25.9. The lowest BCUT2D eigenvalue weighted by Gasteiger charge is -2.39. The molecule has 0 saturated carbocycles. The number of fused-ring (bicyclic) bond motifs is 1. The number of morpholine rings is 1. The van der Waals surface area contributed by atoms with E-state index in [1.807, 2.05) is 26.0 Å². The van der Waals surface area contributed by atoms with Crippen molar-refractivity contribution in [1.29, 1.82) is 0 Å². The number of aliphatic carboxylic acids is 1. The number of benzene rings is 1. The molecule has 0 spiro atoms. The summed E-state index contributed by atoms with van der Waals surface area (Å²) in [6, 6.07) is 5.48. The minimum Gasteiger partial charge on any atom is -0.486 e. The van der Waals surface area contributed by atoms with Crippen LogP contribution in [-0.2, 0) is 19.7 Å². The molecule has 1 N–H and O–H groups in total. The van der Waals surface area contributed by atoms with Gasteiger partial charge in [-0.1, -0.05) is 6.07 Å². The number of rotatable bonds is 3. The molecule has 2 aliphatic heterocycles. The zero-order valence-corrected chi connectivity index (χ0v) is 14.7. The van der Waals surface area contributed by atoms with Crippen molar-refractivity contribution in [3.8, 4) is 11.5 Å². The van der Waals surface area contributed by atoms with Crippen LogP contribution in [0.5, 0.6) is 11.5 Å².